The second kappa shape index (κ2) is 21.5. The third-order valence-electron chi connectivity index (χ3n) is 8.59. The predicted octanol–water partition coefficient (Wildman–Crippen LogP) is -8.37. The third-order valence-corrected chi connectivity index (χ3v) is 12.2. The van der Waals surface area contributed by atoms with Crippen molar-refractivity contribution in [1.29, 1.82) is 5.41 Å². The van der Waals surface area contributed by atoms with E-state index in [0.29, 0.717) is 17.2 Å². The first-order valence-corrected chi connectivity index (χ1v) is 21.6. The number of methoxy groups -OCH3 is 2. The second-order valence-electron chi connectivity index (χ2n) is 12.1. The molecule has 21 nitrogen and oxygen atoms in total. The molecule has 63 heavy (non-hydrogen) atoms. The summed E-state index contributed by atoms with van der Waals surface area (Å²) in [5.41, 5.74) is 2.50. The molecule has 0 atom stereocenters. The minimum absolute atomic E-state index is 0. The maximum absolute atomic E-state index is 13.1. The normalized spacial score (nSPS) is 12.8. The Morgan fingerprint density at radius 1 is 0.651 bits per heavy atom. The number of ketones is 1. The predicted molar refractivity (Wildman–Crippen MR) is 202 cm³/mol. The number of hydrogen-bond donors (Lipinski definition) is 4. The number of azo groups is 1. The maximum Gasteiger partial charge on any atom is 1.00 e. The van der Waals surface area contributed by atoms with Crippen molar-refractivity contribution in [2.75, 3.05) is 25.1 Å². The summed E-state index contributed by atoms with van der Waals surface area (Å²) in [4.78, 5) is 8.74. The van der Waals surface area contributed by atoms with Crippen LogP contribution in [0.5, 0.6) is 17.2 Å². The van der Waals surface area contributed by atoms with Crippen molar-refractivity contribution in [3.63, 3.8) is 0 Å². The number of carbonyl (C=O) groups is 1. The number of benzene rings is 5. The number of hydrazine groups is 1. The van der Waals surface area contributed by atoms with Gasteiger partial charge in [0, 0.05) is 10.9 Å². The topological polar surface area (TPSA) is 357 Å². The molecular weight excluding hydrogens is 955 g/mol. The van der Waals surface area contributed by atoms with Gasteiger partial charge in [-0.1, -0.05) is 30.0 Å². The molecule has 0 heterocycles. The van der Waals surface area contributed by atoms with Crippen LogP contribution >= 0.6 is 0 Å². The Labute approximate surface area is 447 Å². The van der Waals surface area contributed by atoms with Crippen LogP contribution in [0.2, 0.25) is 0 Å². The minimum Gasteiger partial charge on any atom is -0.871 e. The first-order chi connectivity index (χ1) is 27.4. The van der Waals surface area contributed by atoms with Crippen LogP contribution in [-0.2, 0) is 40.5 Å². The first kappa shape index (κ1) is 56.8. The quantitative estimate of drug-likeness (QED) is 0.0390. The summed E-state index contributed by atoms with van der Waals surface area (Å²) >= 11 is 0. The van der Waals surface area contributed by atoms with E-state index in [1.807, 2.05) is 0 Å². The zero-order valence-corrected chi connectivity index (χ0v) is 44.9. The van der Waals surface area contributed by atoms with Gasteiger partial charge in [-0.25, -0.2) is 25.3 Å². The molecule has 0 bridgehead atoms. The average Bonchev–Trinajstić information content (AvgIpc) is 3.15. The van der Waals surface area contributed by atoms with Gasteiger partial charge in [0.05, 0.1) is 51.5 Å². The number of Topliss-reactive ketones (excluding diaryl/α,β-unsaturated/α-hetero) is 1. The Bertz CT molecular complexity index is 3210. The van der Waals surface area contributed by atoms with E-state index in [0.717, 1.165) is 36.4 Å². The fourth-order valence-corrected chi connectivity index (χ4v) is 8.66. The molecule has 0 spiro atoms. The largest absolute Gasteiger partial charge is 1.00 e. The summed E-state index contributed by atoms with van der Waals surface area (Å²) in [6, 6.07) is 14.6. The molecular formula is C34H23N5Na4O16S4. The van der Waals surface area contributed by atoms with Crippen LogP contribution in [0.15, 0.2) is 103 Å². The van der Waals surface area contributed by atoms with Gasteiger partial charge in [0.2, 0.25) is 5.78 Å². The van der Waals surface area contributed by atoms with Crippen molar-refractivity contribution < 1.29 is 189 Å². The van der Waals surface area contributed by atoms with Gasteiger partial charge in [0.1, 0.15) is 58.1 Å². The fraction of sp³-hybridized carbons (Fsp3) is 0.0588. The van der Waals surface area contributed by atoms with Crippen LogP contribution in [0, 0.1) is 5.41 Å². The Morgan fingerprint density at radius 3 is 1.75 bits per heavy atom. The Kier molecular flexibility index (Phi) is 19.4. The molecule has 1 aliphatic carbocycles. The Balaban J connectivity index is 0.00000341. The van der Waals surface area contributed by atoms with Crippen molar-refractivity contribution in [2.45, 2.75) is 14.7 Å². The molecule has 5 aromatic rings. The van der Waals surface area contributed by atoms with Crippen molar-refractivity contribution >= 4 is 91.6 Å². The van der Waals surface area contributed by atoms with Gasteiger partial charge >= 0.3 is 118 Å². The smallest absolute Gasteiger partial charge is 0.871 e. The first-order valence-electron chi connectivity index (χ1n) is 15.9. The molecule has 0 aliphatic heterocycles. The monoisotopic (exact) mass is 977 g/mol. The number of hydrogen-bond acceptors (Lipinski definition) is 20. The van der Waals surface area contributed by atoms with E-state index in [-0.39, 0.29) is 147 Å². The zero-order chi connectivity index (χ0) is 43.4. The number of carbonyl (C=O) groups excluding carboxylic acids is 1. The summed E-state index contributed by atoms with van der Waals surface area (Å²) in [6.07, 6.45) is 0.439. The molecule has 0 unspecified atom stereocenters. The fourth-order valence-electron chi connectivity index (χ4n) is 5.98. The van der Waals surface area contributed by atoms with E-state index >= 15 is 0 Å². The molecule has 0 radical (unpaired) electrons. The van der Waals surface area contributed by atoms with Crippen LogP contribution < -0.4 is 144 Å². The molecule has 0 fully saturated rings. The summed E-state index contributed by atoms with van der Waals surface area (Å²) in [6.45, 7) is 0. The van der Waals surface area contributed by atoms with Crippen molar-refractivity contribution in [1.82, 2.24) is 0 Å². The zero-order valence-electron chi connectivity index (χ0n) is 33.6. The van der Waals surface area contributed by atoms with Crippen LogP contribution in [0.1, 0.15) is 15.9 Å². The van der Waals surface area contributed by atoms with E-state index in [2.05, 4.69) is 21.1 Å². The van der Waals surface area contributed by atoms with E-state index in [9.17, 15) is 61.8 Å². The van der Waals surface area contributed by atoms with E-state index in [1.54, 1.807) is 12.1 Å². The van der Waals surface area contributed by atoms with Gasteiger partial charge in [-0.15, -0.1) is 10.2 Å². The number of allylic oxidation sites excluding steroid dienone is 1. The van der Waals surface area contributed by atoms with Crippen LogP contribution in [0.25, 0.3) is 28.0 Å². The number of nitrogens with one attached hydrogen (secondary N) is 3. The molecule has 29 heteroatoms. The molecule has 6 rings (SSSR count). The van der Waals surface area contributed by atoms with Crippen LogP contribution in [0.4, 0.5) is 22.7 Å². The summed E-state index contributed by atoms with van der Waals surface area (Å²) < 4.78 is 152. The van der Waals surface area contributed by atoms with Crippen LogP contribution in [0.3, 0.4) is 0 Å². The van der Waals surface area contributed by atoms with Crippen molar-refractivity contribution in [2.24, 2.45) is 10.2 Å². The van der Waals surface area contributed by atoms with E-state index < -0.39 is 105 Å². The molecule has 4 N–H and O–H groups in total. The second-order valence-corrected chi connectivity index (χ2v) is 17.5. The van der Waals surface area contributed by atoms with Gasteiger partial charge in [-0.3, -0.25) is 25.6 Å². The Morgan fingerprint density at radius 2 is 1.19 bits per heavy atom. The summed E-state index contributed by atoms with van der Waals surface area (Å²) in [5.74, 6) is -2.50. The molecule has 0 saturated heterocycles. The molecule has 5 aromatic carbocycles. The molecule has 0 aromatic heterocycles. The summed E-state index contributed by atoms with van der Waals surface area (Å²) in [5, 5.41) is 28.2. The number of rotatable bonds is 12. The number of nitrogens with zero attached hydrogens (tertiary/aromatic N) is 2. The van der Waals surface area contributed by atoms with Gasteiger partial charge in [0.25, 0.3) is 10.1 Å². The molecule has 0 amide bonds. The summed E-state index contributed by atoms with van der Waals surface area (Å²) in [7, 11) is -18.5. The average molecular weight is 978 g/mol. The van der Waals surface area contributed by atoms with Gasteiger partial charge in [-0.05, 0) is 71.1 Å². The molecule has 0 saturated carbocycles. The molecule has 308 valence electrons. The molecule has 1 aliphatic rings. The van der Waals surface area contributed by atoms with Crippen molar-refractivity contribution in [3.8, 4) is 28.4 Å². The van der Waals surface area contributed by atoms with E-state index in [4.69, 9.17) is 14.9 Å². The SMILES string of the molecule is COc1cc(-c2ccc(NNc3cc4c(S(=O)(=O)[O-])cccc4c([O-])c3S(=O)(=O)O)c(OC)c2)ccc1N=Nc1ccc(S(=O)(=O)[O-])c2c1C(=O)C(=N)C(S(=O)(=O)[O-])=C2.[Na+].[Na+].[Na+].[Na+]. The third kappa shape index (κ3) is 12.0. The number of ether oxygens (including phenoxy) is 2. The minimum atomic E-state index is -5.44. The van der Waals surface area contributed by atoms with Gasteiger partial charge in [0.15, 0.2) is 0 Å². The van der Waals surface area contributed by atoms with E-state index in [1.165, 1.54) is 38.5 Å². The Hall–Kier alpha value is -2.32. The van der Waals surface area contributed by atoms with Gasteiger partial charge in [-0.2, -0.15) is 8.42 Å². The number of fused-ring (bicyclic) bond motifs is 2. The van der Waals surface area contributed by atoms with Gasteiger partial charge < -0.3 is 28.2 Å². The number of anilines is 2. The van der Waals surface area contributed by atoms with Crippen LogP contribution in [-0.4, -0.2) is 77.6 Å². The van der Waals surface area contributed by atoms with Crippen molar-refractivity contribution in [3.05, 3.63) is 88.8 Å². The standard InChI is InChI=1S/C34H27N5O16S4.4Na/c1-54-25-12-16(6-8-21(25)36-38-23-10-11-28(57(45,46)47)20-15-29(58(48,49)50)31(35)33(41)30(20)23)17-7-9-22(26(13-17)55-2)37-39-24-14-19-18(32(40)34(24)59(51,52)53)4-3-5-27(19)56(42,43)44;;;;/h3-15,35,37,39-40H,1-2H3,(H,42,43,44)(H,45,46,47)(H,48,49,50)(H,51,52,53);;;;/q;4*+1/p-4. The maximum atomic E-state index is 13.1.